The summed E-state index contributed by atoms with van der Waals surface area (Å²) < 4.78 is 11.1. The maximum absolute atomic E-state index is 12.7. The number of aryl methyl sites for hydroxylation is 1. The van der Waals surface area contributed by atoms with Crippen molar-refractivity contribution in [3.05, 3.63) is 47.5 Å². The number of hydrogen-bond acceptors (Lipinski definition) is 4. The third kappa shape index (κ3) is 4.27. The van der Waals surface area contributed by atoms with E-state index in [0.717, 1.165) is 11.1 Å². The molecular weight excluding hydrogens is 356 g/mol. The van der Waals surface area contributed by atoms with Crippen LogP contribution in [-0.4, -0.2) is 25.5 Å². The van der Waals surface area contributed by atoms with E-state index >= 15 is 0 Å². The summed E-state index contributed by atoms with van der Waals surface area (Å²) in [5, 5.41) is 5.84. The molecule has 1 aliphatic rings. The van der Waals surface area contributed by atoms with Crippen molar-refractivity contribution in [1.29, 1.82) is 0 Å². The summed E-state index contributed by atoms with van der Waals surface area (Å²) in [6.07, 6.45) is 0.584. The van der Waals surface area contributed by atoms with Gasteiger partial charge in [-0.25, -0.2) is 0 Å². The van der Waals surface area contributed by atoms with Crippen LogP contribution in [0.4, 0.5) is 11.4 Å². The summed E-state index contributed by atoms with van der Waals surface area (Å²) >= 11 is 0. The third-order valence-corrected chi connectivity index (χ3v) is 4.83. The third-order valence-electron chi connectivity index (χ3n) is 4.83. The van der Waals surface area contributed by atoms with Crippen LogP contribution >= 0.6 is 0 Å². The Kier molecular flexibility index (Phi) is 5.87. The lowest BCUT2D eigenvalue weighted by atomic mass is 9.95. The molecule has 0 aliphatic carbocycles. The van der Waals surface area contributed by atoms with Crippen LogP contribution in [0.15, 0.2) is 36.4 Å². The van der Waals surface area contributed by atoms with E-state index in [1.54, 1.807) is 13.2 Å². The molecule has 2 aromatic rings. The summed E-state index contributed by atoms with van der Waals surface area (Å²) in [6, 6.07) is 11.2. The van der Waals surface area contributed by atoms with Crippen LogP contribution < -0.4 is 20.1 Å². The SMILES string of the molecule is COc1cccc2c1OCC(C(=O)Nc1ccc(C)c(NC(=O)C(C)C)c1)C2. The van der Waals surface area contributed by atoms with Crippen molar-refractivity contribution in [1.82, 2.24) is 0 Å². The van der Waals surface area contributed by atoms with Crippen LogP contribution in [0.1, 0.15) is 25.0 Å². The van der Waals surface area contributed by atoms with Gasteiger partial charge in [-0.1, -0.05) is 32.0 Å². The monoisotopic (exact) mass is 382 g/mol. The van der Waals surface area contributed by atoms with Crippen molar-refractivity contribution in [2.75, 3.05) is 24.4 Å². The van der Waals surface area contributed by atoms with Crippen LogP contribution in [-0.2, 0) is 16.0 Å². The van der Waals surface area contributed by atoms with Crippen molar-refractivity contribution in [3.8, 4) is 11.5 Å². The smallest absolute Gasteiger partial charge is 0.231 e. The number of benzene rings is 2. The Morgan fingerprint density at radius 2 is 1.96 bits per heavy atom. The van der Waals surface area contributed by atoms with Gasteiger partial charge >= 0.3 is 0 Å². The molecular formula is C22H26N2O4. The van der Waals surface area contributed by atoms with Crippen molar-refractivity contribution < 1.29 is 19.1 Å². The standard InChI is InChI=1S/C22H26N2O4/c1-13(2)21(25)24-18-11-17(9-8-14(18)3)23-22(26)16-10-15-6-5-7-19(27-4)20(15)28-12-16/h5-9,11,13,16H,10,12H2,1-4H3,(H,23,26)(H,24,25). The second-order valence-electron chi connectivity index (χ2n) is 7.32. The Morgan fingerprint density at radius 3 is 2.68 bits per heavy atom. The number of rotatable bonds is 5. The molecule has 0 saturated heterocycles. The molecule has 3 rings (SSSR count). The highest BCUT2D eigenvalue weighted by Crippen LogP contribution is 2.36. The summed E-state index contributed by atoms with van der Waals surface area (Å²) in [5.74, 6) is 0.809. The van der Waals surface area contributed by atoms with E-state index in [4.69, 9.17) is 9.47 Å². The zero-order valence-electron chi connectivity index (χ0n) is 16.7. The van der Waals surface area contributed by atoms with Gasteiger partial charge in [0.15, 0.2) is 11.5 Å². The van der Waals surface area contributed by atoms with E-state index < -0.39 is 0 Å². The first-order valence-electron chi connectivity index (χ1n) is 9.40. The molecule has 1 unspecified atom stereocenters. The Bertz CT molecular complexity index is 892. The zero-order chi connectivity index (χ0) is 20.3. The number of fused-ring (bicyclic) bond motifs is 1. The molecule has 1 atom stereocenters. The van der Waals surface area contributed by atoms with E-state index in [0.29, 0.717) is 35.9 Å². The van der Waals surface area contributed by atoms with Crippen LogP contribution in [0.3, 0.4) is 0 Å². The number of para-hydroxylation sites is 1. The summed E-state index contributed by atoms with van der Waals surface area (Å²) in [5.41, 5.74) is 3.24. The van der Waals surface area contributed by atoms with Gasteiger partial charge in [-0.3, -0.25) is 9.59 Å². The van der Waals surface area contributed by atoms with E-state index in [1.165, 1.54) is 0 Å². The molecule has 6 nitrogen and oxygen atoms in total. The van der Waals surface area contributed by atoms with Gasteiger partial charge in [0.05, 0.1) is 13.0 Å². The van der Waals surface area contributed by atoms with E-state index in [2.05, 4.69) is 10.6 Å². The quantitative estimate of drug-likeness (QED) is 0.825. The minimum Gasteiger partial charge on any atom is -0.493 e. The van der Waals surface area contributed by atoms with Crippen LogP contribution in [0, 0.1) is 18.8 Å². The lowest BCUT2D eigenvalue weighted by molar-refractivity contribution is -0.121. The van der Waals surface area contributed by atoms with Gasteiger partial charge in [-0.2, -0.15) is 0 Å². The van der Waals surface area contributed by atoms with Crippen molar-refractivity contribution in [2.24, 2.45) is 11.8 Å². The fourth-order valence-corrected chi connectivity index (χ4v) is 3.08. The Labute approximate surface area is 165 Å². The molecule has 0 radical (unpaired) electrons. The number of amides is 2. The van der Waals surface area contributed by atoms with E-state index in [1.807, 2.05) is 51.1 Å². The average Bonchev–Trinajstić information content (AvgIpc) is 2.69. The van der Waals surface area contributed by atoms with Gasteiger partial charge in [-0.05, 0) is 42.7 Å². The summed E-state index contributed by atoms with van der Waals surface area (Å²) in [7, 11) is 1.60. The first-order chi connectivity index (χ1) is 13.4. The second-order valence-corrected chi connectivity index (χ2v) is 7.32. The molecule has 2 N–H and O–H groups in total. The number of hydrogen-bond donors (Lipinski definition) is 2. The highest BCUT2D eigenvalue weighted by Gasteiger charge is 2.28. The molecule has 0 fully saturated rings. The van der Waals surface area contributed by atoms with Crippen molar-refractivity contribution in [3.63, 3.8) is 0 Å². The maximum Gasteiger partial charge on any atom is 0.231 e. The molecule has 148 valence electrons. The molecule has 2 amide bonds. The summed E-state index contributed by atoms with van der Waals surface area (Å²) in [4.78, 5) is 24.7. The van der Waals surface area contributed by atoms with Crippen LogP contribution in [0.5, 0.6) is 11.5 Å². The fourth-order valence-electron chi connectivity index (χ4n) is 3.08. The minimum atomic E-state index is -0.297. The number of carbonyl (C=O) groups is 2. The first-order valence-corrected chi connectivity index (χ1v) is 9.40. The molecule has 0 spiro atoms. The highest BCUT2D eigenvalue weighted by molar-refractivity contribution is 5.96. The fraction of sp³-hybridized carbons (Fsp3) is 0.364. The molecule has 0 bridgehead atoms. The Morgan fingerprint density at radius 1 is 1.18 bits per heavy atom. The molecule has 28 heavy (non-hydrogen) atoms. The number of ether oxygens (including phenoxy) is 2. The molecule has 6 heteroatoms. The van der Waals surface area contributed by atoms with Crippen LogP contribution in [0.2, 0.25) is 0 Å². The highest BCUT2D eigenvalue weighted by atomic mass is 16.5. The average molecular weight is 382 g/mol. The van der Waals surface area contributed by atoms with Gasteiger partial charge in [0.1, 0.15) is 6.61 Å². The predicted molar refractivity (Wildman–Crippen MR) is 109 cm³/mol. The van der Waals surface area contributed by atoms with E-state index in [9.17, 15) is 9.59 Å². The van der Waals surface area contributed by atoms with Gasteiger partial charge in [-0.15, -0.1) is 0 Å². The van der Waals surface area contributed by atoms with Gasteiger partial charge < -0.3 is 20.1 Å². The van der Waals surface area contributed by atoms with Crippen LogP contribution in [0.25, 0.3) is 0 Å². The minimum absolute atomic E-state index is 0.0576. The maximum atomic E-state index is 12.7. The predicted octanol–water partition coefficient (Wildman–Crippen LogP) is 3.79. The number of carbonyl (C=O) groups excluding carboxylic acids is 2. The molecule has 0 aromatic heterocycles. The van der Waals surface area contributed by atoms with E-state index in [-0.39, 0.29) is 23.7 Å². The van der Waals surface area contributed by atoms with Crippen molar-refractivity contribution in [2.45, 2.75) is 27.2 Å². The normalized spacial score (nSPS) is 15.4. The lowest BCUT2D eigenvalue weighted by Gasteiger charge is -2.26. The van der Waals surface area contributed by atoms with Gasteiger partial charge in [0, 0.05) is 17.3 Å². The summed E-state index contributed by atoms with van der Waals surface area (Å²) in [6.45, 7) is 5.89. The number of anilines is 2. The Balaban J connectivity index is 1.70. The molecule has 1 heterocycles. The molecule has 2 aromatic carbocycles. The second kappa shape index (κ2) is 8.33. The first kappa shape index (κ1) is 19.7. The zero-order valence-corrected chi connectivity index (χ0v) is 16.7. The van der Waals surface area contributed by atoms with Gasteiger partial charge in [0.2, 0.25) is 11.8 Å². The lowest BCUT2D eigenvalue weighted by Crippen LogP contribution is -2.32. The number of nitrogens with one attached hydrogen (secondary N) is 2. The van der Waals surface area contributed by atoms with Gasteiger partial charge in [0.25, 0.3) is 0 Å². The van der Waals surface area contributed by atoms with Crippen molar-refractivity contribution >= 4 is 23.2 Å². The topological polar surface area (TPSA) is 76.7 Å². The Hall–Kier alpha value is -3.02. The molecule has 1 aliphatic heterocycles. The molecule has 0 saturated carbocycles. The number of methoxy groups -OCH3 is 1. The largest absolute Gasteiger partial charge is 0.493 e.